The van der Waals surface area contributed by atoms with Gasteiger partial charge in [-0.2, -0.15) is 0 Å². The summed E-state index contributed by atoms with van der Waals surface area (Å²) < 4.78 is 0. The van der Waals surface area contributed by atoms with Crippen LogP contribution in [0.4, 0.5) is 0 Å². The molecule has 0 aliphatic carbocycles. The highest BCUT2D eigenvalue weighted by Gasteiger charge is 2.23. The number of thiophene rings is 1. The monoisotopic (exact) mass is 252 g/mol. The van der Waals surface area contributed by atoms with E-state index < -0.39 is 0 Å². The normalized spacial score (nSPS) is 17.5. The van der Waals surface area contributed by atoms with Crippen molar-refractivity contribution in [2.24, 2.45) is 0 Å². The second kappa shape index (κ2) is 5.19. The Hall–Kier alpha value is -0.870. The molecule has 0 aromatic carbocycles. The van der Waals surface area contributed by atoms with Crippen LogP contribution in [0.3, 0.4) is 0 Å². The summed E-state index contributed by atoms with van der Waals surface area (Å²) in [6.45, 7) is 11.1. The molecule has 1 fully saturated rings. The van der Waals surface area contributed by atoms with Crippen LogP contribution in [-0.4, -0.2) is 48.4 Å². The van der Waals surface area contributed by atoms with Gasteiger partial charge in [-0.3, -0.25) is 4.79 Å². The summed E-state index contributed by atoms with van der Waals surface area (Å²) in [7, 11) is 0. The highest BCUT2D eigenvalue weighted by Crippen LogP contribution is 2.22. The third kappa shape index (κ3) is 2.69. The van der Waals surface area contributed by atoms with Crippen LogP contribution in [0.2, 0.25) is 0 Å². The number of nitrogens with zero attached hydrogens (tertiary/aromatic N) is 2. The van der Waals surface area contributed by atoms with E-state index in [2.05, 4.69) is 18.7 Å². The molecule has 17 heavy (non-hydrogen) atoms. The Morgan fingerprint density at radius 1 is 1.29 bits per heavy atom. The van der Waals surface area contributed by atoms with Crippen LogP contribution in [0.25, 0.3) is 0 Å². The smallest absolute Gasteiger partial charge is 0.255 e. The van der Waals surface area contributed by atoms with Gasteiger partial charge in [-0.25, -0.2) is 0 Å². The zero-order valence-electron chi connectivity index (χ0n) is 10.8. The molecule has 1 saturated heterocycles. The second-order valence-electron chi connectivity index (χ2n) is 4.55. The summed E-state index contributed by atoms with van der Waals surface area (Å²) in [5.41, 5.74) is 0.900. The van der Waals surface area contributed by atoms with Crippen molar-refractivity contribution in [2.75, 3.05) is 32.7 Å². The van der Waals surface area contributed by atoms with E-state index in [-0.39, 0.29) is 5.91 Å². The molecule has 94 valence electrons. The first-order valence-corrected chi connectivity index (χ1v) is 7.02. The summed E-state index contributed by atoms with van der Waals surface area (Å²) in [6.07, 6.45) is 0. The number of hydrogen-bond acceptors (Lipinski definition) is 3. The maximum Gasteiger partial charge on any atom is 0.255 e. The molecule has 2 rings (SSSR count). The third-order valence-electron chi connectivity index (χ3n) is 3.38. The second-order valence-corrected chi connectivity index (χ2v) is 6.01. The Morgan fingerprint density at radius 2 is 1.94 bits per heavy atom. The van der Waals surface area contributed by atoms with E-state index in [1.54, 1.807) is 11.3 Å². The lowest BCUT2D eigenvalue weighted by molar-refractivity contribution is 0.0643. The fourth-order valence-electron chi connectivity index (χ4n) is 2.28. The summed E-state index contributed by atoms with van der Waals surface area (Å²) in [5, 5.41) is 0. The molecule has 2 heterocycles. The Morgan fingerprint density at radius 3 is 2.41 bits per heavy atom. The van der Waals surface area contributed by atoms with Gasteiger partial charge in [0.15, 0.2) is 0 Å². The van der Waals surface area contributed by atoms with Gasteiger partial charge in [-0.15, -0.1) is 11.3 Å². The van der Waals surface area contributed by atoms with Crippen LogP contribution in [0.15, 0.2) is 6.07 Å². The summed E-state index contributed by atoms with van der Waals surface area (Å²) in [4.78, 5) is 19.1. The molecule has 0 N–H and O–H groups in total. The third-order valence-corrected chi connectivity index (χ3v) is 4.34. The maximum atomic E-state index is 12.3. The van der Waals surface area contributed by atoms with Crippen LogP contribution < -0.4 is 0 Å². The van der Waals surface area contributed by atoms with Gasteiger partial charge in [0, 0.05) is 35.9 Å². The predicted molar refractivity (Wildman–Crippen MR) is 71.8 cm³/mol. The average molecular weight is 252 g/mol. The van der Waals surface area contributed by atoms with Gasteiger partial charge in [0.1, 0.15) is 0 Å². The molecule has 1 aromatic rings. The number of likely N-dealkylation sites (N-methyl/N-ethyl adjacent to an activating group) is 1. The van der Waals surface area contributed by atoms with Gasteiger partial charge in [0.2, 0.25) is 0 Å². The van der Waals surface area contributed by atoms with Gasteiger partial charge in [-0.1, -0.05) is 6.92 Å². The van der Waals surface area contributed by atoms with Crippen LogP contribution in [0.1, 0.15) is 27.0 Å². The number of rotatable bonds is 2. The number of hydrogen-bond donors (Lipinski definition) is 0. The van der Waals surface area contributed by atoms with E-state index in [4.69, 9.17) is 0 Å². The topological polar surface area (TPSA) is 23.6 Å². The van der Waals surface area contributed by atoms with Gasteiger partial charge >= 0.3 is 0 Å². The lowest BCUT2D eigenvalue weighted by atomic mass is 10.2. The molecule has 0 spiro atoms. The van der Waals surface area contributed by atoms with Crippen molar-refractivity contribution in [1.82, 2.24) is 9.80 Å². The zero-order valence-corrected chi connectivity index (χ0v) is 11.6. The van der Waals surface area contributed by atoms with E-state index in [0.29, 0.717) is 0 Å². The summed E-state index contributed by atoms with van der Waals surface area (Å²) >= 11 is 1.71. The molecule has 0 bridgehead atoms. The minimum atomic E-state index is 0.211. The minimum absolute atomic E-state index is 0.211. The van der Waals surface area contributed by atoms with Crippen molar-refractivity contribution in [1.29, 1.82) is 0 Å². The molecule has 3 nitrogen and oxygen atoms in total. The minimum Gasteiger partial charge on any atom is -0.336 e. The lowest BCUT2D eigenvalue weighted by Crippen LogP contribution is -2.48. The number of carbonyl (C=O) groups is 1. The van der Waals surface area contributed by atoms with Crippen molar-refractivity contribution in [3.05, 3.63) is 21.4 Å². The largest absolute Gasteiger partial charge is 0.336 e. The first-order chi connectivity index (χ1) is 8.11. The van der Waals surface area contributed by atoms with Gasteiger partial charge in [0.05, 0.1) is 5.56 Å². The molecule has 1 aliphatic rings. The molecular formula is C13H20N2OS. The van der Waals surface area contributed by atoms with Crippen molar-refractivity contribution in [3.63, 3.8) is 0 Å². The Bertz CT molecular complexity index is 406. The fraction of sp³-hybridized carbons (Fsp3) is 0.615. The molecular weight excluding hydrogens is 232 g/mol. The molecule has 0 saturated carbocycles. The Balaban J connectivity index is 2.04. The van der Waals surface area contributed by atoms with Crippen LogP contribution >= 0.6 is 11.3 Å². The first kappa shape index (κ1) is 12.6. The highest BCUT2D eigenvalue weighted by atomic mass is 32.1. The van der Waals surface area contributed by atoms with E-state index in [1.807, 2.05) is 17.9 Å². The van der Waals surface area contributed by atoms with Gasteiger partial charge in [-0.05, 0) is 26.5 Å². The van der Waals surface area contributed by atoms with E-state index in [1.165, 1.54) is 4.88 Å². The molecule has 4 heteroatoms. The molecule has 1 amide bonds. The summed E-state index contributed by atoms with van der Waals surface area (Å²) in [5.74, 6) is 0.211. The summed E-state index contributed by atoms with van der Waals surface area (Å²) in [6, 6.07) is 2.02. The van der Waals surface area contributed by atoms with Gasteiger partial charge < -0.3 is 9.80 Å². The molecule has 1 aliphatic heterocycles. The van der Waals surface area contributed by atoms with Crippen molar-refractivity contribution in [3.8, 4) is 0 Å². The molecule has 0 atom stereocenters. The maximum absolute atomic E-state index is 12.3. The quantitative estimate of drug-likeness (QED) is 0.805. The molecule has 0 radical (unpaired) electrons. The number of carbonyl (C=O) groups excluding carboxylic acids is 1. The van der Waals surface area contributed by atoms with Crippen LogP contribution in [0.5, 0.6) is 0 Å². The molecule has 0 unspecified atom stereocenters. The average Bonchev–Trinajstić information content (AvgIpc) is 2.68. The van der Waals surface area contributed by atoms with Crippen molar-refractivity contribution in [2.45, 2.75) is 20.8 Å². The van der Waals surface area contributed by atoms with E-state index >= 15 is 0 Å². The Kier molecular flexibility index (Phi) is 3.84. The zero-order chi connectivity index (χ0) is 12.4. The fourth-order valence-corrected chi connectivity index (χ4v) is 3.20. The van der Waals surface area contributed by atoms with Crippen LogP contribution in [-0.2, 0) is 0 Å². The SMILES string of the molecule is CCN1CCN(C(=O)c2cc(C)sc2C)CC1. The lowest BCUT2D eigenvalue weighted by Gasteiger charge is -2.34. The number of amides is 1. The van der Waals surface area contributed by atoms with E-state index in [9.17, 15) is 4.79 Å². The predicted octanol–water partition coefficient (Wildman–Crippen LogP) is 2.14. The highest BCUT2D eigenvalue weighted by molar-refractivity contribution is 7.12. The van der Waals surface area contributed by atoms with Crippen LogP contribution in [0, 0.1) is 13.8 Å². The standard InChI is InChI=1S/C13H20N2OS/c1-4-14-5-7-15(8-6-14)13(16)12-9-10(2)17-11(12)3/h9H,4-8H2,1-3H3. The van der Waals surface area contributed by atoms with Crippen molar-refractivity contribution >= 4 is 17.2 Å². The van der Waals surface area contributed by atoms with Crippen molar-refractivity contribution < 1.29 is 4.79 Å². The Labute approximate surface area is 107 Å². The molecule has 1 aromatic heterocycles. The first-order valence-electron chi connectivity index (χ1n) is 6.20. The van der Waals surface area contributed by atoms with E-state index in [0.717, 1.165) is 43.2 Å². The number of aryl methyl sites for hydroxylation is 2. The number of piperazine rings is 1. The van der Waals surface area contributed by atoms with Gasteiger partial charge in [0.25, 0.3) is 5.91 Å².